The number of methoxy groups -OCH3 is 1. The molecule has 1 amide bonds. The van der Waals surface area contributed by atoms with Gasteiger partial charge in [0.15, 0.2) is 0 Å². The first-order valence-corrected chi connectivity index (χ1v) is 8.50. The predicted octanol–water partition coefficient (Wildman–Crippen LogP) is 3.70. The van der Waals surface area contributed by atoms with Crippen LogP contribution in [0.4, 0.5) is 0 Å². The van der Waals surface area contributed by atoms with Crippen molar-refractivity contribution in [2.24, 2.45) is 11.3 Å². The lowest BCUT2D eigenvalue weighted by Gasteiger charge is -2.41. The van der Waals surface area contributed by atoms with Gasteiger partial charge in [-0.2, -0.15) is 0 Å². The average molecular weight is 322 g/mol. The van der Waals surface area contributed by atoms with Crippen molar-refractivity contribution in [3.63, 3.8) is 0 Å². The first kappa shape index (κ1) is 19.8. The molecular formula is C19H34N2O2. The van der Waals surface area contributed by atoms with Gasteiger partial charge in [-0.15, -0.1) is 0 Å². The summed E-state index contributed by atoms with van der Waals surface area (Å²) in [5.41, 5.74) is -0.0966. The highest BCUT2D eigenvalue weighted by Crippen LogP contribution is 2.27. The third kappa shape index (κ3) is 5.38. The Balaban J connectivity index is 2.77. The summed E-state index contributed by atoms with van der Waals surface area (Å²) in [7, 11) is 1.64. The lowest BCUT2D eigenvalue weighted by molar-refractivity contribution is -0.132. The normalized spacial score (nSPS) is 21.0. The molecule has 1 N–H and O–H groups in total. The van der Waals surface area contributed by atoms with Gasteiger partial charge in [-0.1, -0.05) is 34.3 Å². The Hall–Kier alpha value is -1.29. The second-order valence-corrected chi connectivity index (χ2v) is 8.19. The minimum atomic E-state index is -0.541. The third-order valence-corrected chi connectivity index (χ3v) is 4.54. The lowest BCUT2D eigenvalue weighted by Crippen LogP contribution is -2.57. The molecule has 0 saturated carbocycles. The van der Waals surface area contributed by atoms with Crippen LogP contribution in [0.25, 0.3) is 0 Å². The Kier molecular flexibility index (Phi) is 6.46. The highest BCUT2D eigenvalue weighted by atomic mass is 16.5. The summed E-state index contributed by atoms with van der Waals surface area (Å²) >= 11 is 0. The van der Waals surface area contributed by atoms with E-state index in [0.717, 1.165) is 25.3 Å². The molecule has 4 heteroatoms. The molecule has 1 heterocycles. The maximum absolute atomic E-state index is 12.7. The van der Waals surface area contributed by atoms with E-state index >= 15 is 0 Å². The summed E-state index contributed by atoms with van der Waals surface area (Å²) in [6, 6.07) is 0. The zero-order chi connectivity index (χ0) is 17.8. The Morgan fingerprint density at radius 3 is 2.39 bits per heavy atom. The molecule has 1 unspecified atom stereocenters. The number of piperidine rings is 1. The molecule has 1 aliphatic rings. The Labute approximate surface area is 142 Å². The standard InChI is InChI=1S/C19H34N2O2/c1-14-10-9-11-21(13-14)19(6,7)17(22)20-15(2)12-16(23-8)18(3,4)5/h12,14H,2,9-11,13H2,1,3-8H3,(H,20,22)/b16-12-. The number of amides is 1. The SMILES string of the molecule is C=C(/C=C(\OC)C(C)(C)C)NC(=O)C(C)(C)N1CCCC(C)C1. The maximum atomic E-state index is 12.7. The molecule has 1 fully saturated rings. The fourth-order valence-electron chi connectivity index (χ4n) is 2.92. The predicted molar refractivity (Wildman–Crippen MR) is 95.9 cm³/mol. The first-order chi connectivity index (χ1) is 10.5. The Morgan fingerprint density at radius 2 is 1.91 bits per heavy atom. The van der Waals surface area contributed by atoms with Crippen LogP contribution >= 0.6 is 0 Å². The molecule has 0 radical (unpaired) electrons. The number of ether oxygens (including phenoxy) is 1. The summed E-state index contributed by atoms with van der Waals surface area (Å²) in [4.78, 5) is 15.0. The van der Waals surface area contributed by atoms with Gasteiger partial charge in [-0.05, 0) is 45.2 Å². The van der Waals surface area contributed by atoms with Gasteiger partial charge in [0.05, 0.1) is 12.6 Å². The number of nitrogens with zero attached hydrogens (tertiary/aromatic N) is 1. The van der Waals surface area contributed by atoms with E-state index in [9.17, 15) is 4.79 Å². The largest absolute Gasteiger partial charge is 0.500 e. The highest BCUT2D eigenvalue weighted by molar-refractivity contribution is 5.87. The Bertz CT molecular complexity index is 472. The average Bonchev–Trinajstić information content (AvgIpc) is 2.43. The number of rotatable bonds is 5. The molecule has 1 aliphatic heterocycles. The number of hydrogen-bond donors (Lipinski definition) is 1. The second kappa shape index (κ2) is 7.52. The van der Waals surface area contributed by atoms with Gasteiger partial charge in [0.2, 0.25) is 5.91 Å². The van der Waals surface area contributed by atoms with E-state index in [1.54, 1.807) is 7.11 Å². The smallest absolute Gasteiger partial charge is 0.244 e. The molecule has 1 rings (SSSR count). The van der Waals surface area contributed by atoms with E-state index < -0.39 is 5.54 Å². The van der Waals surface area contributed by atoms with Crippen LogP contribution in [-0.4, -0.2) is 36.5 Å². The number of carbonyl (C=O) groups is 1. The van der Waals surface area contributed by atoms with Crippen LogP contribution in [0, 0.1) is 11.3 Å². The molecule has 0 bridgehead atoms. The van der Waals surface area contributed by atoms with E-state index in [0.29, 0.717) is 11.6 Å². The minimum Gasteiger partial charge on any atom is -0.500 e. The van der Waals surface area contributed by atoms with Crippen LogP contribution in [0.5, 0.6) is 0 Å². The van der Waals surface area contributed by atoms with E-state index in [2.05, 4.69) is 44.5 Å². The molecule has 1 atom stereocenters. The van der Waals surface area contributed by atoms with E-state index in [1.807, 2.05) is 19.9 Å². The van der Waals surface area contributed by atoms with Gasteiger partial charge >= 0.3 is 0 Å². The molecule has 0 aliphatic carbocycles. The molecule has 1 saturated heterocycles. The molecule has 0 aromatic carbocycles. The van der Waals surface area contributed by atoms with Crippen molar-refractivity contribution in [1.29, 1.82) is 0 Å². The number of nitrogens with one attached hydrogen (secondary N) is 1. The van der Waals surface area contributed by atoms with E-state index in [-0.39, 0.29) is 11.3 Å². The summed E-state index contributed by atoms with van der Waals surface area (Å²) in [6.07, 6.45) is 4.20. The molecule has 0 spiro atoms. The van der Waals surface area contributed by atoms with Crippen molar-refractivity contribution in [2.75, 3.05) is 20.2 Å². The number of allylic oxidation sites excluding steroid dienone is 2. The molecule has 23 heavy (non-hydrogen) atoms. The van der Waals surface area contributed by atoms with Gasteiger partial charge in [-0.3, -0.25) is 9.69 Å². The van der Waals surface area contributed by atoms with Crippen LogP contribution in [-0.2, 0) is 9.53 Å². The lowest BCUT2D eigenvalue weighted by atomic mass is 9.92. The topological polar surface area (TPSA) is 41.6 Å². The molecule has 0 aromatic heterocycles. The quantitative estimate of drug-likeness (QED) is 0.620. The monoisotopic (exact) mass is 322 g/mol. The number of likely N-dealkylation sites (tertiary alicyclic amines) is 1. The van der Waals surface area contributed by atoms with Crippen LogP contribution in [0.3, 0.4) is 0 Å². The maximum Gasteiger partial charge on any atom is 0.244 e. The van der Waals surface area contributed by atoms with Gasteiger partial charge in [-0.25, -0.2) is 0 Å². The van der Waals surface area contributed by atoms with E-state index in [1.165, 1.54) is 6.42 Å². The van der Waals surface area contributed by atoms with Crippen LogP contribution < -0.4 is 5.32 Å². The first-order valence-electron chi connectivity index (χ1n) is 8.50. The minimum absolute atomic E-state index is 0.0165. The van der Waals surface area contributed by atoms with Crippen molar-refractivity contribution in [1.82, 2.24) is 10.2 Å². The second-order valence-electron chi connectivity index (χ2n) is 8.19. The van der Waals surface area contributed by atoms with Crippen molar-refractivity contribution >= 4 is 5.91 Å². The third-order valence-electron chi connectivity index (χ3n) is 4.54. The summed E-state index contributed by atoms with van der Waals surface area (Å²) in [6.45, 7) is 18.3. The zero-order valence-corrected chi connectivity index (χ0v) is 16.0. The van der Waals surface area contributed by atoms with Crippen molar-refractivity contribution in [3.05, 3.63) is 24.1 Å². The van der Waals surface area contributed by atoms with Crippen molar-refractivity contribution < 1.29 is 9.53 Å². The molecular weight excluding hydrogens is 288 g/mol. The fraction of sp³-hybridized carbons (Fsp3) is 0.737. The van der Waals surface area contributed by atoms with Crippen molar-refractivity contribution in [3.8, 4) is 0 Å². The fourth-order valence-corrected chi connectivity index (χ4v) is 2.92. The number of carbonyl (C=O) groups excluding carboxylic acids is 1. The number of hydrogen-bond acceptors (Lipinski definition) is 3. The Morgan fingerprint density at radius 1 is 1.30 bits per heavy atom. The van der Waals surface area contributed by atoms with Gasteiger partial charge in [0.1, 0.15) is 5.76 Å². The molecule has 0 aromatic rings. The molecule has 132 valence electrons. The van der Waals surface area contributed by atoms with Gasteiger partial charge in [0.25, 0.3) is 0 Å². The van der Waals surface area contributed by atoms with Gasteiger partial charge < -0.3 is 10.1 Å². The van der Waals surface area contributed by atoms with E-state index in [4.69, 9.17) is 4.74 Å². The molecule has 4 nitrogen and oxygen atoms in total. The van der Waals surface area contributed by atoms with Crippen molar-refractivity contribution in [2.45, 2.75) is 59.9 Å². The van der Waals surface area contributed by atoms with Crippen LogP contribution in [0.15, 0.2) is 24.1 Å². The summed E-state index contributed by atoms with van der Waals surface area (Å²) in [5, 5.41) is 2.94. The van der Waals surface area contributed by atoms with Gasteiger partial charge in [0, 0.05) is 17.7 Å². The summed E-state index contributed by atoms with van der Waals surface area (Å²) < 4.78 is 5.42. The summed E-state index contributed by atoms with van der Waals surface area (Å²) in [5.74, 6) is 1.42. The van der Waals surface area contributed by atoms with Crippen LogP contribution in [0.1, 0.15) is 54.4 Å². The zero-order valence-electron chi connectivity index (χ0n) is 16.0. The highest BCUT2D eigenvalue weighted by Gasteiger charge is 2.36. The van der Waals surface area contributed by atoms with Crippen LogP contribution in [0.2, 0.25) is 0 Å².